The van der Waals surface area contributed by atoms with Crippen molar-refractivity contribution in [2.45, 2.75) is 19.3 Å². The van der Waals surface area contributed by atoms with E-state index >= 15 is 0 Å². The molecular formula is C12H13ClO4. The zero-order chi connectivity index (χ0) is 12.7. The maximum Gasteiger partial charge on any atom is 0.311 e. The molecule has 0 spiro atoms. The van der Waals surface area contributed by atoms with Gasteiger partial charge in [-0.1, -0.05) is 6.07 Å². The van der Waals surface area contributed by atoms with E-state index in [0.29, 0.717) is 18.6 Å². The number of para-hydroxylation sites is 1. The smallest absolute Gasteiger partial charge is 0.311 e. The molecule has 92 valence electrons. The molecule has 0 atom stereocenters. The summed E-state index contributed by atoms with van der Waals surface area (Å²) >= 11 is 5.48. The van der Waals surface area contributed by atoms with Crippen molar-refractivity contribution in [1.82, 2.24) is 0 Å². The second kappa shape index (κ2) is 6.91. The van der Waals surface area contributed by atoms with Crippen LogP contribution in [-0.2, 0) is 4.79 Å². The first-order valence-electron chi connectivity index (χ1n) is 5.23. The fourth-order valence-electron chi connectivity index (χ4n) is 1.27. The summed E-state index contributed by atoms with van der Waals surface area (Å²) in [5.41, 5.74) is 0.149. The lowest BCUT2D eigenvalue weighted by Crippen LogP contribution is -2.09. The van der Waals surface area contributed by atoms with Crippen molar-refractivity contribution in [3.63, 3.8) is 0 Å². The topological polar surface area (TPSA) is 63.6 Å². The van der Waals surface area contributed by atoms with Crippen LogP contribution in [0, 0.1) is 0 Å². The minimum absolute atomic E-state index is 0.0848. The first-order chi connectivity index (χ1) is 8.19. The van der Waals surface area contributed by atoms with E-state index in [1.54, 1.807) is 0 Å². The number of unbranched alkanes of at least 4 members (excludes halogenated alkanes) is 1. The van der Waals surface area contributed by atoms with E-state index in [0.717, 1.165) is 6.42 Å². The maximum atomic E-state index is 11.4. The molecule has 17 heavy (non-hydrogen) atoms. The molecule has 1 aromatic rings. The molecule has 5 heteroatoms. The summed E-state index contributed by atoms with van der Waals surface area (Å²) < 4.78 is 4.95. The zero-order valence-corrected chi connectivity index (χ0v) is 9.94. The molecule has 0 saturated carbocycles. The molecule has 1 N–H and O–H groups in total. The maximum absolute atomic E-state index is 11.4. The van der Waals surface area contributed by atoms with Crippen molar-refractivity contribution < 1.29 is 19.4 Å². The third-order valence-corrected chi connectivity index (χ3v) is 2.40. The van der Waals surface area contributed by atoms with Gasteiger partial charge in [-0.05, 0) is 25.0 Å². The molecular weight excluding hydrogens is 244 g/mol. The standard InChI is InChI=1S/C12H13ClO4/c13-7-2-1-6-11(16)17-12-9(8-14)4-3-5-10(12)15/h3-5,8,15H,1-2,6-7H2. The van der Waals surface area contributed by atoms with E-state index in [2.05, 4.69) is 0 Å². The fraction of sp³-hybridized carbons (Fsp3) is 0.333. The Morgan fingerprint density at radius 3 is 2.82 bits per heavy atom. The molecule has 1 rings (SSSR count). The Bertz CT molecular complexity index is 403. The number of phenolic OH excluding ortho intramolecular Hbond substituents is 1. The van der Waals surface area contributed by atoms with Crippen LogP contribution in [-0.4, -0.2) is 23.2 Å². The van der Waals surface area contributed by atoms with Crippen LogP contribution in [0.15, 0.2) is 18.2 Å². The van der Waals surface area contributed by atoms with Crippen LogP contribution < -0.4 is 4.74 Å². The van der Waals surface area contributed by atoms with Gasteiger partial charge >= 0.3 is 5.97 Å². The predicted molar refractivity (Wildman–Crippen MR) is 63.7 cm³/mol. The summed E-state index contributed by atoms with van der Waals surface area (Å²) in [5, 5.41) is 9.49. The monoisotopic (exact) mass is 256 g/mol. The summed E-state index contributed by atoms with van der Waals surface area (Å²) in [4.78, 5) is 22.1. The van der Waals surface area contributed by atoms with Crippen LogP contribution in [0.2, 0.25) is 0 Å². The molecule has 0 bridgehead atoms. The molecule has 1 aromatic carbocycles. The molecule has 0 amide bonds. The van der Waals surface area contributed by atoms with Gasteiger partial charge < -0.3 is 9.84 Å². The number of hydrogen-bond acceptors (Lipinski definition) is 4. The average molecular weight is 257 g/mol. The molecule has 0 aromatic heterocycles. The predicted octanol–water partition coefficient (Wildman–Crippen LogP) is 2.52. The van der Waals surface area contributed by atoms with Gasteiger partial charge in [-0.2, -0.15) is 0 Å². The molecule has 0 aliphatic carbocycles. The molecule has 0 radical (unpaired) electrons. The Labute approximate surface area is 104 Å². The Morgan fingerprint density at radius 2 is 2.18 bits per heavy atom. The summed E-state index contributed by atoms with van der Waals surface area (Å²) in [6, 6.07) is 4.33. The van der Waals surface area contributed by atoms with Crippen molar-refractivity contribution in [3.8, 4) is 11.5 Å². The van der Waals surface area contributed by atoms with Gasteiger partial charge in [-0.25, -0.2) is 0 Å². The van der Waals surface area contributed by atoms with Crippen LogP contribution in [0.1, 0.15) is 29.6 Å². The summed E-state index contributed by atoms with van der Waals surface area (Å²) in [6.45, 7) is 0. The van der Waals surface area contributed by atoms with Gasteiger partial charge in [-0.3, -0.25) is 9.59 Å². The second-order valence-electron chi connectivity index (χ2n) is 3.43. The van der Waals surface area contributed by atoms with E-state index in [1.807, 2.05) is 0 Å². The van der Waals surface area contributed by atoms with Crippen molar-refractivity contribution in [3.05, 3.63) is 23.8 Å². The van der Waals surface area contributed by atoms with Crippen LogP contribution >= 0.6 is 11.6 Å². The molecule has 0 aliphatic rings. The van der Waals surface area contributed by atoms with E-state index in [9.17, 15) is 14.7 Å². The first kappa shape index (κ1) is 13.5. The largest absolute Gasteiger partial charge is 0.504 e. The lowest BCUT2D eigenvalue weighted by atomic mass is 10.2. The Hall–Kier alpha value is -1.55. The fourth-order valence-corrected chi connectivity index (χ4v) is 1.46. The van der Waals surface area contributed by atoms with Crippen molar-refractivity contribution in [2.75, 3.05) is 5.88 Å². The molecule has 0 fully saturated rings. The molecule has 0 aliphatic heterocycles. The number of alkyl halides is 1. The molecule has 0 saturated heterocycles. The van der Waals surface area contributed by atoms with Crippen LogP contribution in [0.25, 0.3) is 0 Å². The minimum Gasteiger partial charge on any atom is -0.504 e. The van der Waals surface area contributed by atoms with Gasteiger partial charge in [0.1, 0.15) is 0 Å². The number of aromatic hydroxyl groups is 1. The SMILES string of the molecule is O=Cc1cccc(O)c1OC(=O)CCCCCl. The summed E-state index contributed by atoms with van der Waals surface area (Å²) in [7, 11) is 0. The van der Waals surface area contributed by atoms with Gasteiger partial charge in [0.25, 0.3) is 0 Å². The lowest BCUT2D eigenvalue weighted by molar-refractivity contribution is -0.134. The Morgan fingerprint density at radius 1 is 1.41 bits per heavy atom. The number of hydrogen-bond donors (Lipinski definition) is 1. The van der Waals surface area contributed by atoms with E-state index in [1.165, 1.54) is 18.2 Å². The van der Waals surface area contributed by atoms with Crippen molar-refractivity contribution >= 4 is 23.9 Å². The summed E-state index contributed by atoms with van der Waals surface area (Å²) in [6.07, 6.45) is 2.07. The zero-order valence-electron chi connectivity index (χ0n) is 9.19. The molecule has 0 heterocycles. The second-order valence-corrected chi connectivity index (χ2v) is 3.81. The highest BCUT2D eigenvalue weighted by Gasteiger charge is 2.12. The van der Waals surface area contributed by atoms with Gasteiger partial charge in [0.15, 0.2) is 17.8 Å². The number of phenols is 1. The quantitative estimate of drug-likeness (QED) is 0.279. The highest BCUT2D eigenvalue weighted by atomic mass is 35.5. The van der Waals surface area contributed by atoms with E-state index < -0.39 is 5.97 Å². The van der Waals surface area contributed by atoms with Crippen LogP contribution in [0.5, 0.6) is 11.5 Å². The average Bonchev–Trinajstić information content (AvgIpc) is 2.32. The van der Waals surface area contributed by atoms with Gasteiger partial charge in [0.2, 0.25) is 0 Å². The minimum atomic E-state index is -0.486. The number of carbonyl (C=O) groups excluding carboxylic acids is 2. The first-order valence-corrected chi connectivity index (χ1v) is 5.76. The number of carbonyl (C=O) groups is 2. The van der Waals surface area contributed by atoms with E-state index in [-0.39, 0.29) is 23.5 Å². The normalized spacial score (nSPS) is 9.94. The molecule has 4 nitrogen and oxygen atoms in total. The number of halogens is 1. The van der Waals surface area contributed by atoms with Crippen molar-refractivity contribution in [1.29, 1.82) is 0 Å². The number of rotatable bonds is 6. The highest BCUT2D eigenvalue weighted by Crippen LogP contribution is 2.29. The highest BCUT2D eigenvalue weighted by molar-refractivity contribution is 6.17. The number of aldehydes is 1. The lowest BCUT2D eigenvalue weighted by Gasteiger charge is -2.07. The molecule has 0 unspecified atom stereocenters. The Kier molecular flexibility index (Phi) is 5.49. The third-order valence-electron chi connectivity index (χ3n) is 2.13. The number of esters is 1. The number of benzene rings is 1. The van der Waals surface area contributed by atoms with Gasteiger partial charge in [-0.15, -0.1) is 11.6 Å². The summed E-state index contributed by atoms with van der Waals surface area (Å²) in [5.74, 6) is -0.304. The van der Waals surface area contributed by atoms with Crippen LogP contribution in [0.4, 0.5) is 0 Å². The Balaban J connectivity index is 2.67. The van der Waals surface area contributed by atoms with Crippen molar-refractivity contribution in [2.24, 2.45) is 0 Å². The van der Waals surface area contributed by atoms with E-state index in [4.69, 9.17) is 16.3 Å². The number of ether oxygens (including phenoxy) is 1. The van der Waals surface area contributed by atoms with Gasteiger partial charge in [0, 0.05) is 12.3 Å². The third kappa shape index (κ3) is 4.07. The van der Waals surface area contributed by atoms with Gasteiger partial charge in [0.05, 0.1) is 5.56 Å². The van der Waals surface area contributed by atoms with Crippen LogP contribution in [0.3, 0.4) is 0 Å².